The van der Waals surface area contributed by atoms with Crippen LogP contribution < -0.4 is 48.8 Å². The molecule has 230 valence electrons. The number of piperidine rings is 2. The molecule has 14 nitrogen and oxygen atoms in total. The third kappa shape index (κ3) is 6.44. The van der Waals surface area contributed by atoms with Crippen LogP contribution >= 0.6 is 11.6 Å². The fourth-order valence-corrected chi connectivity index (χ4v) is 5.95. The summed E-state index contributed by atoms with van der Waals surface area (Å²) in [6.45, 7) is 2.21. The minimum absolute atomic E-state index is 0.0264. The first kappa shape index (κ1) is 29.7. The molecule has 2 aromatic heterocycles. The first-order chi connectivity index (χ1) is 21.1. The Morgan fingerprint density at radius 3 is 2.05 bits per heavy atom. The van der Waals surface area contributed by atoms with Crippen molar-refractivity contribution < 1.29 is 4.79 Å². The highest BCUT2D eigenvalue weighted by atomic mass is 35.5. The maximum Gasteiger partial charge on any atom is 0.261 e. The minimum atomic E-state index is -0.581. The van der Waals surface area contributed by atoms with Crippen LogP contribution in [-0.4, -0.2) is 76.2 Å². The number of nitrogens with two attached hydrogens (primary N) is 4. The van der Waals surface area contributed by atoms with Gasteiger partial charge in [0.2, 0.25) is 23.3 Å². The lowest BCUT2D eigenvalue weighted by molar-refractivity contribution is 0.102. The number of carbonyl (C=O) groups excluding carboxylic acids is 1. The van der Waals surface area contributed by atoms with E-state index in [1.54, 1.807) is 36.4 Å². The van der Waals surface area contributed by atoms with Crippen LogP contribution in [0.15, 0.2) is 53.5 Å². The summed E-state index contributed by atoms with van der Waals surface area (Å²) in [6.07, 6.45) is 2.82. The van der Waals surface area contributed by atoms with Crippen molar-refractivity contribution in [2.24, 2.45) is 22.9 Å². The van der Waals surface area contributed by atoms with Gasteiger partial charge in [-0.2, -0.15) is 15.0 Å². The molecule has 4 heterocycles. The first-order valence-electron chi connectivity index (χ1n) is 14.4. The summed E-state index contributed by atoms with van der Waals surface area (Å²) in [4.78, 5) is 46.9. The quantitative estimate of drug-likeness (QED) is 0.161. The predicted octanol–water partition coefficient (Wildman–Crippen LogP) is 1.09. The molecular weight excluding hydrogens is 584 g/mol. The molecule has 6 rings (SSSR count). The second kappa shape index (κ2) is 12.3. The molecule has 15 heteroatoms. The Morgan fingerprint density at radius 2 is 1.45 bits per heavy atom. The normalized spacial score (nSPS) is 22.2. The van der Waals surface area contributed by atoms with E-state index in [4.69, 9.17) is 39.5 Å². The van der Waals surface area contributed by atoms with E-state index >= 15 is 0 Å². The fourth-order valence-electron chi connectivity index (χ4n) is 5.73. The third-order valence-electron chi connectivity index (χ3n) is 7.71. The summed E-state index contributed by atoms with van der Waals surface area (Å²) in [5, 5.41) is 6.59. The van der Waals surface area contributed by atoms with Gasteiger partial charge in [0.25, 0.3) is 5.91 Å². The Balaban J connectivity index is 1.25. The number of benzene rings is 2. The highest BCUT2D eigenvalue weighted by Gasteiger charge is 2.29. The number of aromatic amines is 1. The van der Waals surface area contributed by atoms with Crippen LogP contribution in [0.5, 0.6) is 0 Å². The van der Waals surface area contributed by atoms with Gasteiger partial charge in [0.15, 0.2) is 0 Å². The van der Waals surface area contributed by atoms with Gasteiger partial charge in [0.05, 0.1) is 10.7 Å². The smallest absolute Gasteiger partial charge is 0.261 e. The molecule has 0 aliphatic carbocycles. The van der Waals surface area contributed by atoms with Crippen molar-refractivity contribution in [1.29, 1.82) is 0 Å². The number of nitrogens with zero attached hydrogens (tertiary/aromatic N) is 5. The van der Waals surface area contributed by atoms with Crippen molar-refractivity contribution in [3.63, 3.8) is 0 Å². The van der Waals surface area contributed by atoms with E-state index in [9.17, 15) is 9.59 Å². The number of hydrogen-bond acceptors (Lipinski definition) is 12. The Kier molecular flexibility index (Phi) is 8.33. The van der Waals surface area contributed by atoms with Gasteiger partial charge < -0.3 is 48.4 Å². The monoisotopic (exact) mass is 618 g/mol. The fraction of sp³-hybridized carbons (Fsp3) is 0.345. The molecule has 11 N–H and O–H groups in total. The molecule has 2 aliphatic rings. The number of anilines is 5. The van der Waals surface area contributed by atoms with Crippen LogP contribution in [0.25, 0.3) is 10.9 Å². The number of pyridine rings is 1. The van der Waals surface area contributed by atoms with E-state index in [2.05, 4.69) is 25.6 Å². The molecule has 2 saturated heterocycles. The van der Waals surface area contributed by atoms with E-state index < -0.39 is 5.91 Å². The number of nitrogens with one attached hydrogen (secondary N) is 3. The van der Waals surface area contributed by atoms with E-state index in [-0.39, 0.29) is 46.1 Å². The Labute approximate surface area is 258 Å². The Bertz CT molecular complexity index is 1690. The van der Waals surface area contributed by atoms with Gasteiger partial charge in [0, 0.05) is 73.1 Å². The molecule has 44 heavy (non-hydrogen) atoms. The zero-order valence-electron chi connectivity index (χ0n) is 23.9. The summed E-state index contributed by atoms with van der Waals surface area (Å²) in [5.74, 6) is 0.570. The lowest BCUT2D eigenvalue weighted by Gasteiger charge is -2.37. The highest BCUT2D eigenvalue weighted by Crippen LogP contribution is 2.29. The molecule has 0 unspecified atom stereocenters. The summed E-state index contributed by atoms with van der Waals surface area (Å²) in [7, 11) is 0. The number of halogens is 1. The van der Waals surface area contributed by atoms with Gasteiger partial charge in [-0.3, -0.25) is 9.59 Å². The molecule has 4 atom stereocenters. The van der Waals surface area contributed by atoms with Crippen LogP contribution in [0, 0.1) is 0 Å². The van der Waals surface area contributed by atoms with Crippen molar-refractivity contribution >= 4 is 57.6 Å². The number of hydrogen-bond donors (Lipinski definition) is 7. The van der Waals surface area contributed by atoms with Crippen molar-refractivity contribution in [2.75, 3.05) is 46.6 Å². The van der Waals surface area contributed by atoms with E-state index in [0.29, 0.717) is 73.2 Å². The Morgan fingerprint density at radius 1 is 0.864 bits per heavy atom. The zero-order valence-corrected chi connectivity index (χ0v) is 24.7. The SMILES string of the molecule is N[C@@H]1C[C@H](N)CN(c2nc(Nc3ccc(NC(=O)c4c[nH]c5ccccc5c4=O)c(Cl)c3)nc(N3C[C@H](N)C[C@H](N)C3)n2)C1. The summed E-state index contributed by atoms with van der Waals surface area (Å²) in [6, 6.07) is 11.5. The van der Waals surface area contributed by atoms with E-state index in [0.717, 1.165) is 0 Å². The standard InChI is InChI=1S/C29H35ClN12O2/c30-22-9-19(5-6-24(22)37-26(44)21-10-35-23-4-2-1-3-20(23)25(21)43)36-27-38-28(41-11-15(31)7-16(32)12-41)40-29(39-27)42-13-17(33)8-18(34)14-42/h1-6,9-10,15-18H,7-8,11-14,31-34H2,(H,35,43)(H,37,44)(H,36,38,39,40)/t15-,16+,17-,18+. The lowest BCUT2D eigenvalue weighted by Crippen LogP contribution is -2.54. The lowest BCUT2D eigenvalue weighted by atomic mass is 10.0. The molecule has 1 amide bonds. The number of H-pyrrole nitrogens is 1. The summed E-state index contributed by atoms with van der Waals surface area (Å²) >= 11 is 6.57. The largest absolute Gasteiger partial charge is 0.360 e. The minimum Gasteiger partial charge on any atom is -0.360 e. The molecule has 2 fully saturated rings. The number of amides is 1. The third-order valence-corrected chi connectivity index (χ3v) is 8.03. The highest BCUT2D eigenvalue weighted by molar-refractivity contribution is 6.34. The van der Waals surface area contributed by atoms with Gasteiger partial charge in [-0.05, 0) is 43.2 Å². The van der Waals surface area contributed by atoms with Crippen LogP contribution in [0.2, 0.25) is 5.02 Å². The second-order valence-corrected chi connectivity index (χ2v) is 11.8. The number of rotatable bonds is 6. The van der Waals surface area contributed by atoms with Crippen molar-refractivity contribution in [2.45, 2.75) is 37.0 Å². The molecular formula is C29H35ClN12O2. The number of fused-ring (bicyclic) bond motifs is 1. The molecule has 2 aliphatic heterocycles. The predicted molar refractivity (Wildman–Crippen MR) is 173 cm³/mol. The molecule has 0 saturated carbocycles. The molecule has 2 aromatic carbocycles. The van der Waals surface area contributed by atoms with Crippen LogP contribution in [0.3, 0.4) is 0 Å². The van der Waals surface area contributed by atoms with Crippen LogP contribution in [0.4, 0.5) is 29.2 Å². The maximum absolute atomic E-state index is 13.0. The Hall–Kier alpha value is -4.34. The van der Waals surface area contributed by atoms with Crippen molar-refractivity contribution in [3.8, 4) is 0 Å². The topological polar surface area (TPSA) is 223 Å². The number of carbonyl (C=O) groups is 1. The molecule has 4 aromatic rings. The zero-order chi connectivity index (χ0) is 31.0. The average Bonchev–Trinajstić information content (AvgIpc) is 2.98. The van der Waals surface area contributed by atoms with Crippen LogP contribution in [0.1, 0.15) is 23.2 Å². The summed E-state index contributed by atoms with van der Waals surface area (Å²) < 4.78 is 0. The van der Waals surface area contributed by atoms with Gasteiger partial charge in [-0.15, -0.1) is 0 Å². The van der Waals surface area contributed by atoms with Gasteiger partial charge in [-0.25, -0.2) is 0 Å². The summed E-state index contributed by atoms with van der Waals surface area (Å²) in [5.41, 5.74) is 26.1. The number of aromatic nitrogens is 4. The maximum atomic E-state index is 13.0. The average molecular weight is 619 g/mol. The molecule has 0 radical (unpaired) electrons. The molecule has 0 bridgehead atoms. The van der Waals surface area contributed by atoms with Crippen molar-refractivity contribution in [1.82, 2.24) is 19.9 Å². The van der Waals surface area contributed by atoms with E-state index in [1.807, 2.05) is 15.9 Å². The number of para-hydroxylation sites is 1. The van der Waals surface area contributed by atoms with Gasteiger partial charge >= 0.3 is 0 Å². The second-order valence-electron chi connectivity index (χ2n) is 11.4. The molecule has 0 spiro atoms. The van der Waals surface area contributed by atoms with Gasteiger partial charge in [0.1, 0.15) is 5.56 Å². The first-order valence-corrected chi connectivity index (χ1v) is 14.8. The van der Waals surface area contributed by atoms with Crippen LogP contribution in [-0.2, 0) is 0 Å². The van der Waals surface area contributed by atoms with E-state index in [1.165, 1.54) is 6.20 Å². The van der Waals surface area contributed by atoms with Gasteiger partial charge in [-0.1, -0.05) is 23.7 Å². The van der Waals surface area contributed by atoms with Crippen molar-refractivity contribution in [3.05, 3.63) is 69.5 Å².